The van der Waals surface area contributed by atoms with Gasteiger partial charge >= 0.3 is 0 Å². The summed E-state index contributed by atoms with van der Waals surface area (Å²) >= 11 is 0. The SMILES string of the molecule is O=C[C@H](O)[C@@H](O)[C@H]1O[C@@H](c2ccccc2)OC[C@H]1O. The fraction of sp³-hybridized carbons (Fsp3) is 0.462. The summed E-state index contributed by atoms with van der Waals surface area (Å²) < 4.78 is 10.7. The highest BCUT2D eigenvalue weighted by Crippen LogP contribution is 2.28. The average molecular weight is 268 g/mol. The van der Waals surface area contributed by atoms with E-state index in [1.807, 2.05) is 6.07 Å². The van der Waals surface area contributed by atoms with E-state index in [-0.39, 0.29) is 12.9 Å². The van der Waals surface area contributed by atoms with Gasteiger partial charge in [0, 0.05) is 5.56 Å². The summed E-state index contributed by atoms with van der Waals surface area (Å²) in [6.45, 7) is -0.0487. The highest BCUT2D eigenvalue weighted by atomic mass is 16.7. The van der Waals surface area contributed by atoms with Crippen LogP contribution in [0.5, 0.6) is 0 Å². The Hall–Kier alpha value is -1.31. The number of hydrogen-bond donors (Lipinski definition) is 3. The smallest absolute Gasteiger partial charge is 0.184 e. The zero-order valence-electron chi connectivity index (χ0n) is 10.1. The van der Waals surface area contributed by atoms with Crippen molar-refractivity contribution in [1.82, 2.24) is 0 Å². The van der Waals surface area contributed by atoms with Gasteiger partial charge in [0.2, 0.25) is 0 Å². The van der Waals surface area contributed by atoms with E-state index in [9.17, 15) is 20.1 Å². The Labute approximate surface area is 110 Å². The van der Waals surface area contributed by atoms with Crippen molar-refractivity contribution in [2.75, 3.05) is 6.61 Å². The van der Waals surface area contributed by atoms with E-state index in [0.717, 1.165) is 5.56 Å². The second-order valence-corrected chi connectivity index (χ2v) is 4.36. The molecule has 1 fully saturated rings. The van der Waals surface area contributed by atoms with Crippen molar-refractivity contribution < 1.29 is 29.6 Å². The van der Waals surface area contributed by atoms with Crippen LogP contribution in [0.25, 0.3) is 0 Å². The average Bonchev–Trinajstić information content (AvgIpc) is 2.47. The van der Waals surface area contributed by atoms with Crippen LogP contribution in [0.1, 0.15) is 11.9 Å². The molecule has 3 N–H and O–H groups in total. The van der Waals surface area contributed by atoms with Gasteiger partial charge in [-0.3, -0.25) is 0 Å². The maximum Gasteiger partial charge on any atom is 0.184 e. The van der Waals surface area contributed by atoms with Gasteiger partial charge in [0.05, 0.1) is 6.61 Å². The van der Waals surface area contributed by atoms with Crippen molar-refractivity contribution in [3.63, 3.8) is 0 Å². The monoisotopic (exact) mass is 268 g/mol. The zero-order chi connectivity index (χ0) is 13.8. The summed E-state index contributed by atoms with van der Waals surface area (Å²) in [7, 11) is 0. The molecule has 5 atom stereocenters. The molecule has 1 aliphatic rings. The van der Waals surface area contributed by atoms with E-state index >= 15 is 0 Å². The summed E-state index contributed by atoms with van der Waals surface area (Å²) in [4.78, 5) is 10.5. The molecule has 1 saturated heterocycles. The molecular weight excluding hydrogens is 252 g/mol. The summed E-state index contributed by atoms with van der Waals surface area (Å²) in [5.41, 5.74) is 0.729. The topological polar surface area (TPSA) is 96.2 Å². The van der Waals surface area contributed by atoms with Gasteiger partial charge < -0.3 is 29.6 Å². The lowest BCUT2D eigenvalue weighted by molar-refractivity contribution is -0.281. The van der Waals surface area contributed by atoms with Crippen molar-refractivity contribution in [1.29, 1.82) is 0 Å². The standard InChI is InChI=1S/C13H16O6/c14-6-9(15)11(17)12-10(16)7-18-13(19-12)8-4-2-1-3-5-8/h1-6,9-13,15-17H,7H2/t9-,10+,11+,12-,13-/m0/s1. The zero-order valence-corrected chi connectivity index (χ0v) is 10.1. The summed E-state index contributed by atoms with van der Waals surface area (Å²) in [5, 5.41) is 28.8. The van der Waals surface area contributed by atoms with E-state index in [0.29, 0.717) is 0 Å². The molecule has 1 heterocycles. The Kier molecular flexibility index (Phi) is 4.62. The first-order valence-electron chi connectivity index (χ1n) is 5.95. The van der Waals surface area contributed by atoms with Gasteiger partial charge in [0.1, 0.15) is 24.4 Å². The predicted molar refractivity (Wildman–Crippen MR) is 64.1 cm³/mol. The molecule has 19 heavy (non-hydrogen) atoms. The van der Waals surface area contributed by atoms with Crippen molar-refractivity contribution in [3.05, 3.63) is 35.9 Å². The number of hydrogen-bond acceptors (Lipinski definition) is 6. The molecule has 0 aliphatic carbocycles. The third-order valence-corrected chi connectivity index (χ3v) is 2.98. The number of aliphatic hydroxyl groups excluding tert-OH is 3. The van der Waals surface area contributed by atoms with E-state index in [1.165, 1.54) is 0 Å². The molecule has 1 aromatic rings. The van der Waals surface area contributed by atoms with Crippen molar-refractivity contribution in [2.24, 2.45) is 0 Å². The molecule has 6 nitrogen and oxygen atoms in total. The van der Waals surface area contributed by atoms with Gasteiger partial charge in [0.15, 0.2) is 12.6 Å². The molecule has 0 amide bonds. The number of ether oxygens (including phenoxy) is 2. The first-order chi connectivity index (χ1) is 9.13. The van der Waals surface area contributed by atoms with Gasteiger partial charge in [-0.1, -0.05) is 30.3 Å². The minimum Gasteiger partial charge on any atom is -0.388 e. The van der Waals surface area contributed by atoms with Crippen LogP contribution in [0.3, 0.4) is 0 Å². The highest BCUT2D eigenvalue weighted by molar-refractivity contribution is 5.56. The molecule has 0 aromatic heterocycles. The molecular formula is C13H16O6. The van der Waals surface area contributed by atoms with Crippen LogP contribution in [-0.4, -0.2) is 52.6 Å². The summed E-state index contributed by atoms with van der Waals surface area (Å²) in [6, 6.07) is 9.01. The maximum absolute atomic E-state index is 10.5. The van der Waals surface area contributed by atoms with Crippen LogP contribution in [0.2, 0.25) is 0 Å². The third-order valence-electron chi connectivity index (χ3n) is 2.98. The van der Waals surface area contributed by atoms with E-state index in [1.54, 1.807) is 24.3 Å². The lowest BCUT2D eigenvalue weighted by atomic mass is 10.0. The number of rotatable bonds is 4. The van der Waals surface area contributed by atoms with E-state index in [4.69, 9.17) is 9.47 Å². The molecule has 0 radical (unpaired) electrons. The van der Waals surface area contributed by atoms with Gasteiger partial charge in [-0.25, -0.2) is 0 Å². The Balaban J connectivity index is 2.10. The van der Waals surface area contributed by atoms with E-state index < -0.39 is 30.7 Å². The number of carbonyl (C=O) groups excluding carboxylic acids is 1. The van der Waals surface area contributed by atoms with Crippen LogP contribution < -0.4 is 0 Å². The molecule has 6 heteroatoms. The molecule has 0 unspecified atom stereocenters. The second-order valence-electron chi connectivity index (χ2n) is 4.36. The first-order valence-corrected chi connectivity index (χ1v) is 5.95. The number of aliphatic hydroxyl groups is 3. The largest absolute Gasteiger partial charge is 0.388 e. The minimum absolute atomic E-state index is 0.0487. The Bertz CT molecular complexity index is 409. The minimum atomic E-state index is -1.60. The highest BCUT2D eigenvalue weighted by Gasteiger charge is 2.39. The van der Waals surface area contributed by atoms with E-state index in [2.05, 4.69) is 0 Å². The predicted octanol–water partition coefficient (Wildman–Crippen LogP) is -0.618. The summed E-state index contributed by atoms with van der Waals surface area (Å²) in [5.74, 6) is 0. The molecule has 2 rings (SSSR count). The number of benzene rings is 1. The van der Waals surface area contributed by atoms with Gasteiger partial charge in [-0.2, -0.15) is 0 Å². The summed E-state index contributed by atoms with van der Waals surface area (Å²) in [6.07, 6.45) is -5.84. The molecule has 1 aromatic carbocycles. The van der Waals surface area contributed by atoms with Crippen LogP contribution in [-0.2, 0) is 14.3 Å². The normalized spacial score (nSPS) is 30.6. The fourth-order valence-corrected chi connectivity index (χ4v) is 1.92. The van der Waals surface area contributed by atoms with Crippen molar-refractivity contribution in [3.8, 4) is 0 Å². The lowest BCUT2D eigenvalue weighted by Crippen LogP contribution is -2.51. The molecule has 0 spiro atoms. The van der Waals surface area contributed by atoms with Crippen LogP contribution in [0, 0.1) is 0 Å². The van der Waals surface area contributed by atoms with Crippen LogP contribution in [0.4, 0.5) is 0 Å². The Morgan fingerprint density at radius 3 is 2.58 bits per heavy atom. The van der Waals surface area contributed by atoms with Crippen molar-refractivity contribution >= 4 is 6.29 Å². The van der Waals surface area contributed by atoms with Crippen LogP contribution >= 0.6 is 0 Å². The maximum atomic E-state index is 10.5. The van der Waals surface area contributed by atoms with Gasteiger partial charge in [-0.15, -0.1) is 0 Å². The quantitative estimate of drug-likeness (QED) is 0.630. The van der Waals surface area contributed by atoms with Crippen LogP contribution in [0.15, 0.2) is 30.3 Å². The molecule has 1 aliphatic heterocycles. The second kappa shape index (κ2) is 6.23. The fourth-order valence-electron chi connectivity index (χ4n) is 1.92. The third kappa shape index (κ3) is 3.17. The van der Waals surface area contributed by atoms with Gasteiger partial charge in [-0.05, 0) is 0 Å². The van der Waals surface area contributed by atoms with Gasteiger partial charge in [0.25, 0.3) is 0 Å². The molecule has 0 saturated carbocycles. The Morgan fingerprint density at radius 2 is 1.95 bits per heavy atom. The first kappa shape index (κ1) is 14.1. The Morgan fingerprint density at radius 1 is 1.26 bits per heavy atom. The number of carbonyl (C=O) groups is 1. The molecule has 0 bridgehead atoms. The molecule has 104 valence electrons. The number of aldehydes is 1. The van der Waals surface area contributed by atoms with Crippen molar-refractivity contribution in [2.45, 2.75) is 30.7 Å². The lowest BCUT2D eigenvalue weighted by Gasteiger charge is -2.37.